The molecule has 2 heterocycles. The third-order valence-electron chi connectivity index (χ3n) is 1.87. The number of halogens is 1. The summed E-state index contributed by atoms with van der Waals surface area (Å²) in [7, 11) is 0. The minimum atomic E-state index is 0.250. The lowest BCUT2D eigenvalue weighted by Gasteiger charge is -1.99. The molecule has 0 aliphatic heterocycles. The van der Waals surface area contributed by atoms with Crippen LogP contribution in [0.15, 0.2) is 24.3 Å². The molecule has 0 amide bonds. The summed E-state index contributed by atoms with van der Waals surface area (Å²) in [6.07, 6.45) is 0. The maximum absolute atomic E-state index is 8.70. The summed E-state index contributed by atoms with van der Waals surface area (Å²) in [5, 5.41) is 8.70. The molecule has 0 spiro atoms. The molecule has 2 aromatic rings. The smallest absolute Gasteiger partial charge is 0.142 e. The number of nitrogen functional groups attached to an aromatic ring is 1. The molecule has 0 aliphatic carbocycles. The van der Waals surface area contributed by atoms with E-state index in [1.807, 2.05) is 12.1 Å². The number of hydrogen-bond acceptors (Lipinski definition) is 4. The van der Waals surface area contributed by atoms with Gasteiger partial charge < -0.3 is 5.73 Å². The van der Waals surface area contributed by atoms with Gasteiger partial charge in [-0.05, 0) is 24.3 Å². The average molecular weight is 236 g/mol. The Morgan fingerprint density at radius 2 is 2.13 bits per heavy atom. The Bertz CT molecular complexity index is 542. The monoisotopic (exact) mass is 235 g/mol. The van der Waals surface area contributed by atoms with E-state index in [2.05, 4.69) is 4.98 Å². The van der Waals surface area contributed by atoms with Crippen molar-refractivity contribution in [2.45, 2.75) is 0 Å². The maximum atomic E-state index is 8.70. The van der Waals surface area contributed by atoms with Gasteiger partial charge in [0.05, 0.1) is 20.5 Å². The van der Waals surface area contributed by atoms with Crippen LogP contribution in [0.2, 0.25) is 4.34 Å². The summed E-state index contributed by atoms with van der Waals surface area (Å²) in [4.78, 5) is 5.08. The molecule has 0 saturated carbocycles. The molecule has 2 N–H and O–H groups in total. The summed E-state index contributed by atoms with van der Waals surface area (Å²) >= 11 is 7.24. The summed E-state index contributed by atoms with van der Waals surface area (Å²) < 4.78 is 0.703. The number of nitrogens with two attached hydrogens (primary N) is 1. The topological polar surface area (TPSA) is 62.7 Å². The van der Waals surface area contributed by atoms with Crippen LogP contribution in [-0.2, 0) is 0 Å². The molecule has 2 rings (SSSR count). The van der Waals surface area contributed by atoms with E-state index in [1.54, 1.807) is 18.2 Å². The second-order valence-corrected chi connectivity index (χ2v) is 4.56. The summed E-state index contributed by atoms with van der Waals surface area (Å²) in [5.41, 5.74) is 6.74. The van der Waals surface area contributed by atoms with Gasteiger partial charge in [0.1, 0.15) is 11.9 Å². The SMILES string of the molecule is N#Cc1ccc(-c2ccc(Cl)s2)nc1N. The Morgan fingerprint density at radius 3 is 2.67 bits per heavy atom. The number of thiophene rings is 1. The summed E-state index contributed by atoms with van der Waals surface area (Å²) in [6.45, 7) is 0. The zero-order chi connectivity index (χ0) is 10.8. The number of nitriles is 1. The normalized spacial score (nSPS) is 9.87. The molecule has 0 aliphatic rings. The van der Waals surface area contributed by atoms with E-state index in [9.17, 15) is 0 Å². The summed E-state index contributed by atoms with van der Waals surface area (Å²) in [5.74, 6) is 0.250. The first-order valence-electron chi connectivity index (χ1n) is 4.13. The third kappa shape index (κ3) is 1.94. The highest BCUT2D eigenvalue weighted by molar-refractivity contribution is 7.19. The third-order valence-corrected chi connectivity index (χ3v) is 3.12. The van der Waals surface area contributed by atoms with Gasteiger partial charge in [0, 0.05) is 0 Å². The minimum Gasteiger partial charge on any atom is -0.383 e. The van der Waals surface area contributed by atoms with Crippen LogP contribution in [0.3, 0.4) is 0 Å². The van der Waals surface area contributed by atoms with Crippen molar-refractivity contribution in [2.24, 2.45) is 0 Å². The van der Waals surface area contributed by atoms with Crippen LogP contribution >= 0.6 is 22.9 Å². The van der Waals surface area contributed by atoms with Gasteiger partial charge >= 0.3 is 0 Å². The van der Waals surface area contributed by atoms with Crippen LogP contribution in [0, 0.1) is 11.3 Å². The Kier molecular flexibility index (Phi) is 2.58. The molecule has 15 heavy (non-hydrogen) atoms. The fraction of sp³-hybridized carbons (Fsp3) is 0. The van der Waals surface area contributed by atoms with E-state index in [0.717, 1.165) is 10.6 Å². The van der Waals surface area contributed by atoms with Gasteiger partial charge in [-0.2, -0.15) is 5.26 Å². The van der Waals surface area contributed by atoms with E-state index in [0.29, 0.717) is 9.90 Å². The number of aromatic nitrogens is 1. The van der Waals surface area contributed by atoms with E-state index in [1.165, 1.54) is 11.3 Å². The molecule has 2 aromatic heterocycles. The summed E-state index contributed by atoms with van der Waals surface area (Å²) in [6, 6.07) is 9.07. The number of pyridine rings is 1. The highest BCUT2D eigenvalue weighted by Crippen LogP contribution is 2.30. The first-order valence-corrected chi connectivity index (χ1v) is 5.32. The minimum absolute atomic E-state index is 0.250. The fourth-order valence-electron chi connectivity index (χ4n) is 1.16. The molecular formula is C10H6ClN3S. The Labute approximate surface area is 95.7 Å². The molecule has 0 saturated heterocycles. The van der Waals surface area contributed by atoms with Crippen molar-refractivity contribution >= 4 is 28.8 Å². The molecule has 74 valence electrons. The zero-order valence-electron chi connectivity index (χ0n) is 7.57. The van der Waals surface area contributed by atoms with E-state index < -0.39 is 0 Å². The quantitative estimate of drug-likeness (QED) is 0.827. The molecule has 3 nitrogen and oxygen atoms in total. The van der Waals surface area contributed by atoms with Gasteiger partial charge in [0.2, 0.25) is 0 Å². The number of hydrogen-bond donors (Lipinski definition) is 1. The Hall–Kier alpha value is -1.57. The Balaban J connectivity index is 2.48. The Morgan fingerprint density at radius 1 is 1.33 bits per heavy atom. The van der Waals surface area contributed by atoms with Crippen LogP contribution in [0.25, 0.3) is 10.6 Å². The van der Waals surface area contributed by atoms with Gasteiger partial charge in [-0.15, -0.1) is 11.3 Å². The highest BCUT2D eigenvalue weighted by atomic mass is 35.5. The van der Waals surface area contributed by atoms with Crippen LogP contribution in [0.4, 0.5) is 5.82 Å². The van der Waals surface area contributed by atoms with Crippen molar-refractivity contribution in [1.82, 2.24) is 4.98 Å². The second-order valence-electron chi connectivity index (χ2n) is 2.84. The lowest BCUT2D eigenvalue weighted by atomic mass is 10.2. The predicted molar refractivity (Wildman–Crippen MR) is 61.7 cm³/mol. The van der Waals surface area contributed by atoms with Crippen LogP contribution in [-0.4, -0.2) is 4.98 Å². The average Bonchev–Trinajstić information content (AvgIpc) is 2.65. The van der Waals surface area contributed by atoms with Gasteiger partial charge in [-0.3, -0.25) is 0 Å². The predicted octanol–water partition coefficient (Wildman–Crippen LogP) is 2.92. The van der Waals surface area contributed by atoms with Gasteiger partial charge in [-0.25, -0.2) is 4.98 Å². The van der Waals surface area contributed by atoms with Crippen molar-refractivity contribution in [3.05, 3.63) is 34.2 Å². The van der Waals surface area contributed by atoms with Crippen molar-refractivity contribution < 1.29 is 0 Å². The first kappa shape index (κ1) is 9.97. The molecule has 0 fully saturated rings. The lowest BCUT2D eigenvalue weighted by Crippen LogP contribution is -1.95. The first-order chi connectivity index (χ1) is 7.20. The van der Waals surface area contributed by atoms with Crippen molar-refractivity contribution in [1.29, 1.82) is 5.26 Å². The van der Waals surface area contributed by atoms with Crippen molar-refractivity contribution in [3.8, 4) is 16.6 Å². The number of anilines is 1. The maximum Gasteiger partial charge on any atom is 0.142 e. The van der Waals surface area contributed by atoms with Gasteiger partial charge in [-0.1, -0.05) is 11.6 Å². The standard InChI is InChI=1S/C10H6ClN3S/c11-9-4-3-8(15-9)7-2-1-6(5-12)10(13)14-7/h1-4H,(H2,13,14). The van der Waals surface area contributed by atoms with E-state index >= 15 is 0 Å². The van der Waals surface area contributed by atoms with Crippen LogP contribution in [0.1, 0.15) is 5.56 Å². The van der Waals surface area contributed by atoms with Crippen LogP contribution in [0.5, 0.6) is 0 Å². The second kappa shape index (κ2) is 3.89. The molecule has 0 radical (unpaired) electrons. The van der Waals surface area contributed by atoms with Gasteiger partial charge in [0.25, 0.3) is 0 Å². The number of nitrogens with zero attached hydrogens (tertiary/aromatic N) is 2. The van der Waals surface area contributed by atoms with Crippen LogP contribution < -0.4 is 5.73 Å². The molecule has 0 atom stereocenters. The fourth-order valence-corrected chi connectivity index (χ4v) is 2.17. The van der Waals surface area contributed by atoms with Gasteiger partial charge in [0.15, 0.2) is 0 Å². The van der Waals surface area contributed by atoms with Crippen molar-refractivity contribution in [2.75, 3.05) is 5.73 Å². The molecule has 5 heteroatoms. The molecular weight excluding hydrogens is 230 g/mol. The molecule has 0 unspecified atom stereocenters. The highest BCUT2D eigenvalue weighted by Gasteiger charge is 2.06. The van der Waals surface area contributed by atoms with Crippen molar-refractivity contribution in [3.63, 3.8) is 0 Å². The van der Waals surface area contributed by atoms with E-state index in [4.69, 9.17) is 22.6 Å². The molecule has 0 bridgehead atoms. The van der Waals surface area contributed by atoms with E-state index in [-0.39, 0.29) is 5.82 Å². The molecule has 0 aromatic carbocycles. The zero-order valence-corrected chi connectivity index (χ0v) is 9.14. The largest absolute Gasteiger partial charge is 0.383 e. The number of rotatable bonds is 1. The lowest BCUT2D eigenvalue weighted by molar-refractivity contribution is 1.32.